The highest BCUT2D eigenvalue weighted by atomic mass is 19.4. The fraction of sp³-hybridized carbons (Fsp3) is 0.389. The first kappa shape index (κ1) is 19.1. The Labute approximate surface area is 153 Å². The number of carbonyl (C=O) groups is 1. The number of aromatic nitrogens is 2. The highest BCUT2D eigenvalue weighted by Crippen LogP contribution is 2.37. The number of halogens is 4. The summed E-state index contributed by atoms with van der Waals surface area (Å²) in [6.07, 6.45) is 0.0636. The van der Waals surface area contributed by atoms with Crippen molar-refractivity contribution in [3.63, 3.8) is 0 Å². The first-order valence-electron chi connectivity index (χ1n) is 8.49. The molecule has 27 heavy (non-hydrogen) atoms. The summed E-state index contributed by atoms with van der Waals surface area (Å²) in [7, 11) is 1.30. The maximum Gasteiger partial charge on any atom is 0.435 e. The monoisotopic (exact) mass is 382 g/mol. The Balaban J connectivity index is 1.98. The lowest BCUT2D eigenvalue weighted by atomic mass is 10.1. The van der Waals surface area contributed by atoms with Gasteiger partial charge in [0.05, 0.1) is 17.6 Å². The van der Waals surface area contributed by atoms with Crippen molar-refractivity contribution in [2.24, 2.45) is 0 Å². The Kier molecular flexibility index (Phi) is 5.29. The van der Waals surface area contributed by atoms with Crippen LogP contribution in [0.15, 0.2) is 30.6 Å². The number of rotatable bonds is 2. The van der Waals surface area contributed by atoms with E-state index < -0.39 is 23.7 Å². The van der Waals surface area contributed by atoms with E-state index in [4.69, 9.17) is 0 Å². The average Bonchev–Trinajstić information content (AvgIpc) is 2.66. The third-order valence-electron chi connectivity index (χ3n) is 4.42. The maximum atomic E-state index is 13.6. The molecule has 0 spiro atoms. The smallest absolute Gasteiger partial charge is 0.324 e. The molecule has 0 radical (unpaired) electrons. The molecule has 0 aromatic carbocycles. The molecule has 1 fully saturated rings. The fourth-order valence-electron chi connectivity index (χ4n) is 3.04. The summed E-state index contributed by atoms with van der Waals surface area (Å²) >= 11 is 0. The zero-order valence-electron chi connectivity index (χ0n) is 14.6. The summed E-state index contributed by atoms with van der Waals surface area (Å²) in [6.45, 7) is 1.04. The number of piperidine rings is 1. The van der Waals surface area contributed by atoms with Crippen LogP contribution in [0.25, 0.3) is 11.3 Å². The second-order valence-electron chi connectivity index (χ2n) is 6.34. The number of carbonyl (C=O) groups excluding carboxylic acids is 1. The van der Waals surface area contributed by atoms with E-state index in [0.717, 1.165) is 36.4 Å². The molecule has 9 heteroatoms. The molecule has 1 aliphatic heterocycles. The van der Waals surface area contributed by atoms with Crippen molar-refractivity contribution < 1.29 is 22.4 Å². The van der Waals surface area contributed by atoms with Gasteiger partial charge in [-0.25, -0.2) is 14.2 Å². The molecule has 2 amide bonds. The molecule has 0 unspecified atom stereocenters. The van der Waals surface area contributed by atoms with Gasteiger partial charge in [-0.3, -0.25) is 9.88 Å². The number of nitrogens with zero attached hydrogens (tertiary/aromatic N) is 4. The molecule has 0 aliphatic carbocycles. The van der Waals surface area contributed by atoms with Crippen molar-refractivity contribution in [3.8, 4) is 11.3 Å². The van der Waals surface area contributed by atoms with Crippen LogP contribution in [0.4, 0.5) is 28.0 Å². The molecule has 3 rings (SSSR count). The summed E-state index contributed by atoms with van der Waals surface area (Å²) in [6, 6.07) is 3.05. The van der Waals surface area contributed by atoms with E-state index in [9.17, 15) is 22.4 Å². The Morgan fingerprint density at radius 3 is 2.48 bits per heavy atom. The van der Waals surface area contributed by atoms with Gasteiger partial charge < -0.3 is 4.90 Å². The van der Waals surface area contributed by atoms with Gasteiger partial charge in [-0.1, -0.05) is 0 Å². The van der Waals surface area contributed by atoms with Gasteiger partial charge in [-0.2, -0.15) is 13.2 Å². The van der Waals surface area contributed by atoms with Crippen molar-refractivity contribution in [1.29, 1.82) is 0 Å². The minimum absolute atomic E-state index is 0.0723. The number of amides is 2. The van der Waals surface area contributed by atoms with Gasteiger partial charge in [0.1, 0.15) is 5.82 Å². The quantitative estimate of drug-likeness (QED) is 0.726. The van der Waals surface area contributed by atoms with E-state index in [1.807, 2.05) is 0 Å². The predicted octanol–water partition coefficient (Wildman–Crippen LogP) is 4.34. The number of urea groups is 1. The predicted molar refractivity (Wildman–Crippen MR) is 91.7 cm³/mol. The van der Waals surface area contributed by atoms with E-state index in [2.05, 4.69) is 9.97 Å². The van der Waals surface area contributed by atoms with E-state index in [-0.39, 0.29) is 16.9 Å². The molecule has 0 bridgehead atoms. The molecule has 0 saturated carbocycles. The van der Waals surface area contributed by atoms with Crippen molar-refractivity contribution in [2.75, 3.05) is 25.0 Å². The molecule has 144 valence electrons. The van der Waals surface area contributed by atoms with E-state index in [1.54, 1.807) is 0 Å². The van der Waals surface area contributed by atoms with Crippen LogP contribution in [0, 0.1) is 5.82 Å². The van der Waals surface area contributed by atoms with Crippen LogP contribution in [-0.2, 0) is 6.18 Å². The summed E-state index contributed by atoms with van der Waals surface area (Å²) in [5.41, 5.74) is -1.49. The van der Waals surface area contributed by atoms with Crippen LogP contribution in [0.3, 0.4) is 0 Å². The number of alkyl halides is 3. The molecular formula is C18H18F4N4O. The number of anilines is 1. The third kappa shape index (κ3) is 4.17. The number of pyridine rings is 2. The second kappa shape index (κ2) is 7.50. The highest BCUT2D eigenvalue weighted by Gasteiger charge is 2.38. The Bertz CT molecular complexity index is 834. The highest BCUT2D eigenvalue weighted by molar-refractivity contribution is 5.92. The average molecular weight is 382 g/mol. The largest absolute Gasteiger partial charge is 0.435 e. The van der Waals surface area contributed by atoms with Gasteiger partial charge in [0.25, 0.3) is 0 Å². The standard InChI is InChI=1S/C18H18F4N4O/c1-25(17(27)26-7-3-2-4-8-26)15-6-5-14(24-16(15)18(20,21)22)12-9-13(19)11-23-10-12/h5-6,9-11H,2-4,7-8H2,1H3. The molecule has 5 nitrogen and oxygen atoms in total. The summed E-state index contributed by atoms with van der Waals surface area (Å²) in [5.74, 6) is -0.677. The van der Waals surface area contributed by atoms with Crippen LogP contribution in [-0.4, -0.2) is 41.0 Å². The number of likely N-dealkylation sites (tertiary alicyclic amines) is 1. The molecule has 2 aromatic rings. The van der Waals surface area contributed by atoms with Gasteiger partial charge >= 0.3 is 12.2 Å². The first-order chi connectivity index (χ1) is 12.8. The summed E-state index contributed by atoms with van der Waals surface area (Å²) in [5, 5.41) is 0. The molecule has 0 N–H and O–H groups in total. The molecule has 0 atom stereocenters. The first-order valence-corrected chi connectivity index (χ1v) is 8.49. The van der Waals surface area contributed by atoms with E-state index in [1.165, 1.54) is 30.3 Å². The molecular weight excluding hydrogens is 364 g/mol. The lowest BCUT2D eigenvalue weighted by Crippen LogP contribution is -2.44. The maximum absolute atomic E-state index is 13.6. The van der Waals surface area contributed by atoms with Gasteiger partial charge in [0.2, 0.25) is 0 Å². The SMILES string of the molecule is CN(C(=O)N1CCCCC1)c1ccc(-c2cncc(F)c2)nc1C(F)(F)F. The lowest BCUT2D eigenvalue weighted by molar-refractivity contribution is -0.140. The van der Waals surface area contributed by atoms with Crippen molar-refractivity contribution in [2.45, 2.75) is 25.4 Å². The third-order valence-corrected chi connectivity index (χ3v) is 4.42. The van der Waals surface area contributed by atoms with Crippen LogP contribution < -0.4 is 4.90 Å². The van der Waals surface area contributed by atoms with Crippen LogP contribution in [0.2, 0.25) is 0 Å². The number of hydrogen-bond acceptors (Lipinski definition) is 3. The lowest BCUT2D eigenvalue weighted by Gasteiger charge is -2.31. The summed E-state index contributed by atoms with van der Waals surface area (Å²) < 4.78 is 54.1. The zero-order chi connectivity index (χ0) is 19.6. The minimum atomic E-state index is -4.78. The van der Waals surface area contributed by atoms with E-state index in [0.29, 0.717) is 13.1 Å². The van der Waals surface area contributed by atoms with Crippen LogP contribution in [0.5, 0.6) is 0 Å². The zero-order valence-corrected chi connectivity index (χ0v) is 14.6. The van der Waals surface area contributed by atoms with Crippen LogP contribution >= 0.6 is 0 Å². The fourth-order valence-corrected chi connectivity index (χ4v) is 3.04. The normalized spacial score (nSPS) is 14.9. The Hall–Kier alpha value is -2.71. The van der Waals surface area contributed by atoms with Crippen LogP contribution in [0.1, 0.15) is 25.0 Å². The molecule has 2 aromatic heterocycles. The Morgan fingerprint density at radius 1 is 1.15 bits per heavy atom. The number of hydrogen-bond donors (Lipinski definition) is 0. The second-order valence-corrected chi connectivity index (χ2v) is 6.34. The molecule has 1 aliphatic rings. The topological polar surface area (TPSA) is 49.3 Å². The van der Waals surface area contributed by atoms with E-state index >= 15 is 0 Å². The van der Waals surface area contributed by atoms with Gasteiger partial charge in [0, 0.05) is 31.9 Å². The summed E-state index contributed by atoms with van der Waals surface area (Å²) in [4.78, 5) is 22.4. The van der Waals surface area contributed by atoms with Crippen molar-refractivity contribution >= 4 is 11.7 Å². The molecule has 1 saturated heterocycles. The minimum Gasteiger partial charge on any atom is -0.324 e. The van der Waals surface area contributed by atoms with Gasteiger partial charge in [-0.15, -0.1) is 0 Å². The molecule has 3 heterocycles. The van der Waals surface area contributed by atoms with Crippen molar-refractivity contribution in [1.82, 2.24) is 14.9 Å². The van der Waals surface area contributed by atoms with Crippen molar-refractivity contribution in [3.05, 3.63) is 42.1 Å². The van der Waals surface area contributed by atoms with Gasteiger partial charge in [0.15, 0.2) is 5.69 Å². The Morgan fingerprint density at radius 2 is 1.85 bits per heavy atom. The van der Waals surface area contributed by atoms with Gasteiger partial charge in [-0.05, 0) is 37.5 Å².